The van der Waals surface area contributed by atoms with Crippen molar-refractivity contribution in [1.29, 1.82) is 0 Å². The number of aromatic amines is 1. The molecule has 0 unspecified atom stereocenters. The molecule has 32 heavy (non-hydrogen) atoms. The normalized spacial score (nSPS) is 15.7. The van der Waals surface area contributed by atoms with Crippen LogP contribution in [0.25, 0.3) is 27.7 Å². The van der Waals surface area contributed by atoms with Gasteiger partial charge in [-0.15, -0.1) is 0 Å². The summed E-state index contributed by atoms with van der Waals surface area (Å²) in [6.07, 6.45) is 3.15. The number of rotatable bonds is 5. The lowest BCUT2D eigenvalue weighted by Gasteiger charge is -2.31. The van der Waals surface area contributed by atoms with Gasteiger partial charge in [0.1, 0.15) is 5.75 Å². The third kappa shape index (κ3) is 3.78. The van der Waals surface area contributed by atoms with Crippen LogP contribution in [0.4, 0.5) is 0 Å². The highest BCUT2D eigenvalue weighted by molar-refractivity contribution is 5.92. The Morgan fingerprint density at radius 2 is 1.97 bits per heavy atom. The van der Waals surface area contributed by atoms with Gasteiger partial charge in [0.2, 0.25) is 0 Å². The molecular weight excluding hydrogens is 404 g/mol. The average Bonchev–Trinajstić information content (AvgIpc) is 3.16. The van der Waals surface area contributed by atoms with Crippen LogP contribution < -0.4 is 5.69 Å². The molecule has 0 aliphatic carbocycles. The summed E-state index contributed by atoms with van der Waals surface area (Å²) >= 11 is 0. The van der Waals surface area contributed by atoms with Gasteiger partial charge in [-0.1, -0.05) is 18.2 Å². The first-order valence-electron chi connectivity index (χ1n) is 11.2. The van der Waals surface area contributed by atoms with Crippen LogP contribution in [0, 0.1) is 12.8 Å². The molecule has 0 bridgehead atoms. The lowest BCUT2D eigenvalue weighted by atomic mass is 9.93. The van der Waals surface area contributed by atoms with E-state index in [0.29, 0.717) is 17.1 Å². The predicted molar refractivity (Wildman–Crippen MR) is 125 cm³/mol. The van der Waals surface area contributed by atoms with E-state index in [2.05, 4.69) is 27.2 Å². The van der Waals surface area contributed by atoms with E-state index in [1.54, 1.807) is 10.5 Å². The van der Waals surface area contributed by atoms with Crippen molar-refractivity contribution in [2.24, 2.45) is 5.92 Å². The van der Waals surface area contributed by atoms with Gasteiger partial charge in [0, 0.05) is 24.1 Å². The molecule has 0 amide bonds. The number of pyridine rings is 1. The van der Waals surface area contributed by atoms with E-state index in [9.17, 15) is 9.90 Å². The highest BCUT2D eigenvalue weighted by Crippen LogP contribution is 2.35. The monoisotopic (exact) mass is 432 g/mol. The van der Waals surface area contributed by atoms with E-state index in [1.165, 1.54) is 5.56 Å². The Kier molecular flexibility index (Phi) is 5.45. The fourth-order valence-corrected chi connectivity index (χ4v) is 4.93. The number of hydrogen-bond donors (Lipinski definition) is 3. The third-order valence-electron chi connectivity index (χ3n) is 6.71. The van der Waals surface area contributed by atoms with Crippen molar-refractivity contribution < 1.29 is 10.2 Å². The zero-order valence-corrected chi connectivity index (χ0v) is 18.2. The van der Waals surface area contributed by atoms with Crippen molar-refractivity contribution >= 4 is 16.6 Å². The fraction of sp³-hybridized carbons (Fsp3) is 0.360. The summed E-state index contributed by atoms with van der Waals surface area (Å²) in [5, 5.41) is 27.4. The first-order valence-corrected chi connectivity index (χ1v) is 11.2. The number of hydrogen-bond acceptors (Lipinski definition) is 5. The molecule has 7 nitrogen and oxygen atoms in total. The van der Waals surface area contributed by atoms with Crippen LogP contribution in [0.2, 0.25) is 0 Å². The first kappa shape index (κ1) is 20.7. The molecule has 0 saturated carbocycles. The number of aryl methyl sites for hydroxylation is 1. The number of aliphatic hydroxyl groups excluding tert-OH is 1. The molecule has 4 aromatic rings. The lowest BCUT2D eigenvalue weighted by molar-refractivity contribution is 0.153. The number of aliphatic hydroxyl groups is 1. The number of nitrogens with zero attached hydrogens (tertiary/aromatic N) is 3. The largest absolute Gasteiger partial charge is 0.507 e. The van der Waals surface area contributed by atoms with Gasteiger partial charge in [0.25, 0.3) is 0 Å². The first-order chi connectivity index (χ1) is 15.5. The van der Waals surface area contributed by atoms with E-state index in [1.807, 2.05) is 31.2 Å². The summed E-state index contributed by atoms with van der Waals surface area (Å²) in [6, 6.07) is 13.7. The Labute approximate surface area is 185 Å². The molecule has 3 N–H and O–H groups in total. The number of benzene rings is 2. The summed E-state index contributed by atoms with van der Waals surface area (Å²) in [5.74, 6) is 0.821. The molecule has 0 radical (unpaired) electrons. The van der Waals surface area contributed by atoms with Crippen LogP contribution in [0.15, 0.2) is 47.3 Å². The van der Waals surface area contributed by atoms with Crippen molar-refractivity contribution in [1.82, 2.24) is 19.5 Å². The molecule has 1 saturated heterocycles. The van der Waals surface area contributed by atoms with Gasteiger partial charge in [-0.3, -0.25) is 4.90 Å². The minimum Gasteiger partial charge on any atom is -0.507 e. The van der Waals surface area contributed by atoms with Gasteiger partial charge in [-0.25, -0.2) is 14.3 Å². The van der Waals surface area contributed by atoms with Crippen LogP contribution >= 0.6 is 0 Å². The van der Waals surface area contributed by atoms with Crippen LogP contribution in [0.1, 0.15) is 30.4 Å². The van der Waals surface area contributed by atoms with E-state index < -0.39 is 0 Å². The number of phenolic OH excluding ortho intramolecular Hbond substituents is 1. The molecule has 3 heterocycles. The van der Waals surface area contributed by atoms with Crippen LogP contribution in [0.5, 0.6) is 5.75 Å². The molecular formula is C25H28N4O3. The summed E-state index contributed by atoms with van der Waals surface area (Å²) in [5.41, 5.74) is 4.76. The Morgan fingerprint density at radius 1 is 1.16 bits per heavy atom. The number of H-pyrrole nitrogens is 1. The van der Waals surface area contributed by atoms with Crippen molar-refractivity contribution in [2.45, 2.75) is 32.7 Å². The Hall–Kier alpha value is -3.16. The van der Waals surface area contributed by atoms with Crippen molar-refractivity contribution in [2.75, 3.05) is 19.7 Å². The molecule has 1 aliphatic rings. The van der Waals surface area contributed by atoms with Gasteiger partial charge >= 0.3 is 5.69 Å². The molecule has 1 aliphatic heterocycles. The standard InChI is InChI=1S/C25H28N4O3/c1-16-11-24-26-27-25(32)29(24)22-13-21(23(31)14-20(16)22)19-4-2-3-18(12-19)15-28-8-5-17(6-9-28)7-10-30/h2-4,11-14,17,30-31H,5-10,15H2,1H3,(H,27,32). The number of aromatic hydroxyl groups is 1. The molecule has 166 valence electrons. The van der Waals surface area contributed by atoms with Gasteiger partial charge in [-0.05, 0) is 86.1 Å². The summed E-state index contributed by atoms with van der Waals surface area (Å²) in [7, 11) is 0. The van der Waals surface area contributed by atoms with E-state index >= 15 is 0 Å². The second-order valence-corrected chi connectivity index (χ2v) is 8.87. The molecule has 0 spiro atoms. The van der Waals surface area contributed by atoms with Crippen molar-refractivity contribution in [3.8, 4) is 16.9 Å². The molecule has 7 heteroatoms. The summed E-state index contributed by atoms with van der Waals surface area (Å²) < 4.78 is 1.55. The van der Waals surface area contributed by atoms with Crippen molar-refractivity contribution in [3.05, 3.63) is 64.1 Å². The van der Waals surface area contributed by atoms with E-state index in [0.717, 1.165) is 60.9 Å². The fourth-order valence-electron chi connectivity index (χ4n) is 4.93. The maximum atomic E-state index is 12.3. The second-order valence-electron chi connectivity index (χ2n) is 8.87. The minimum absolute atomic E-state index is 0.193. The third-order valence-corrected chi connectivity index (χ3v) is 6.71. The van der Waals surface area contributed by atoms with Crippen LogP contribution in [-0.4, -0.2) is 49.4 Å². The Morgan fingerprint density at radius 3 is 2.75 bits per heavy atom. The zero-order valence-electron chi connectivity index (χ0n) is 18.2. The number of phenols is 1. The number of fused-ring (bicyclic) bond motifs is 3. The number of nitrogens with one attached hydrogen (secondary N) is 1. The number of piperidine rings is 1. The maximum absolute atomic E-state index is 12.3. The van der Waals surface area contributed by atoms with Crippen LogP contribution in [-0.2, 0) is 6.54 Å². The highest BCUT2D eigenvalue weighted by atomic mass is 16.3. The highest BCUT2D eigenvalue weighted by Gasteiger charge is 2.19. The molecule has 5 rings (SSSR count). The Balaban J connectivity index is 1.48. The molecule has 0 atom stereocenters. The number of likely N-dealkylation sites (tertiary alicyclic amines) is 1. The second kappa shape index (κ2) is 8.41. The maximum Gasteiger partial charge on any atom is 0.348 e. The van der Waals surface area contributed by atoms with Gasteiger partial charge in [0.15, 0.2) is 5.65 Å². The quantitative estimate of drug-likeness (QED) is 0.449. The van der Waals surface area contributed by atoms with E-state index in [-0.39, 0.29) is 18.0 Å². The number of aromatic nitrogens is 3. The van der Waals surface area contributed by atoms with Crippen molar-refractivity contribution in [3.63, 3.8) is 0 Å². The zero-order chi connectivity index (χ0) is 22.2. The summed E-state index contributed by atoms with van der Waals surface area (Å²) in [4.78, 5) is 14.8. The molecule has 2 aromatic carbocycles. The smallest absolute Gasteiger partial charge is 0.348 e. The molecule has 2 aromatic heterocycles. The topological polar surface area (TPSA) is 93.9 Å². The molecule has 1 fully saturated rings. The minimum atomic E-state index is -0.292. The van der Waals surface area contributed by atoms with Gasteiger partial charge in [0.05, 0.1) is 5.52 Å². The van der Waals surface area contributed by atoms with Gasteiger partial charge < -0.3 is 10.2 Å². The summed E-state index contributed by atoms with van der Waals surface area (Å²) in [6.45, 7) is 5.16. The lowest BCUT2D eigenvalue weighted by Crippen LogP contribution is -2.33. The Bertz CT molecular complexity index is 1330. The van der Waals surface area contributed by atoms with Crippen LogP contribution in [0.3, 0.4) is 0 Å². The van der Waals surface area contributed by atoms with E-state index in [4.69, 9.17) is 5.11 Å². The predicted octanol–water partition coefficient (Wildman–Crippen LogP) is 3.45. The van der Waals surface area contributed by atoms with Gasteiger partial charge in [-0.2, -0.15) is 5.10 Å². The SMILES string of the molecule is Cc1cc2n[nH]c(=O)n2c2cc(-c3cccc(CN4CCC(CCO)CC4)c3)c(O)cc12. The average molecular weight is 433 g/mol.